The molecule has 0 fully saturated rings. The van der Waals surface area contributed by atoms with Gasteiger partial charge < -0.3 is 5.32 Å². The number of pyridine rings is 2. The highest BCUT2D eigenvalue weighted by Crippen LogP contribution is 2.30. The number of carbonyl (C=O) groups excluding carboxylic acids is 1. The van der Waals surface area contributed by atoms with Gasteiger partial charge in [0.2, 0.25) is 5.91 Å². The summed E-state index contributed by atoms with van der Waals surface area (Å²) in [6.45, 7) is 5.85. The predicted molar refractivity (Wildman–Crippen MR) is 112 cm³/mol. The number of nitrogens with one attached hydrogen (secondary N) is 1. The number of carbonyl (C=O) groups is 1. The normalized spacial score (nSPS) is 10.4. The number of anilines is 1. The lowest BCUT2D eigenvalue weighted by Crippen LogP contribution is -2.15. The molecule has 3 rings (SSSR count). The van der Waals surface area contributed by atoms with Crippen LogP contribution in [0.25, 0.3) is 11.1 Å². The summed E-state index contributed by atoms with van der Waals surface area (Å²) in [5, 5.41) is 13.2. The van der Waals surface area contributed by atoms with Crippen molar-refractivity contribution in [3.63, 3.8) is 0 Å². The van der Waals surface area contributed by atoms with Gasteiger partial charge in [0.15, 0.2) is 0 Å². The molecular formula is C22H20N4OS. The summed E-state index contributed by atoms with van der Waals surface area (Å²) in [5.41, 5.74) is 5.84. The second-order valence-corrected chi connectivity index (χ2v) is 7.46. The number of hydrogen-bond acceptors (Lipinski definition) is 5. The highest BCUT2D eigenvalue weighted by atomic mass is 32.2. The lowest BCUT2D eigenvalue weighted by molar-refractivity contribution is -0.113. The number of rotatable bonds is 5. The molecule has 1 aromatic carbocycles. The lowest BCUT2D eigenvalue weighted by atomic mass is 10.0. The van der Waals surface area contributed by atoms with Gasteiger partial charge in [0.25, 0.3) is 0 Å². The van der Waals surface area contributed by atoms with Crippen LogP contribution in [-0.2, 0) is 4.79 Å². The average molecular weight is 388 g/mol. The number of aryl methyl sites for hydroxylation is 3. The number of thioether (sulfide) groups is 1. The molecule has 28 heavy (non-hydrogen) atoms. The third-order valence-electron chi connectivity index (χ3n) is 4.19. The van der Waals surface area contributed by atoms with E-state index in [0.29, 0.717) is 10.6 Å². The minimum Gasteiger partial charge on any atom is -0.325 e. The molecule has 0 unspecified atom stereocenters. The van der Waals surface area contributed by atoms with Crippen molar-refractivity contribution in [1.82, 2.24) is 9.97 Å². The van der Waals surface area contributed by atoms with Crippen molar-refractivity contribution in [3.8, 4) is 17.2 Å². The van der Waals surface area contributed by atoms with E-state index >= 15 is 0 Å². The Morgan fingerprint density at radius 1 is 1.21 bits per heavy atom. The molecular weight excluding hydrogens is 368 g/mol. The molecule has 0 saturated carbocycles. The lowest BCUT2D eigenvalue weighted by Gasteiger charge is -2.11. The number of aromatic nitrogens is 2. The van der Waals surface area contributed by atoms with Crippen LogP contribution in [0.5, 0.6) is 0 Å². The standard InChI is InChI=1S/C22H20N4OS/c1-14-6-7-20(15(2)9-14)26-21(27)13-28-22-19(11-23)18(10-16(3)25-22)17-5-4-8-24-12-17/h4-10,12H,13H2,1-3H3,(H,26,27). The molecule has 0 aliphatic heterocycles. The van der Waals surface area contributed by atoms with Crippen molar-refractivity contribution in [3.05, 3.63) is 71.2 Å². The van der Waals surface area contributed by atoms with Crippen LogP contribution < -0.4 is 5.32 Å². The Kier molecular flexibility index (Phi) is 6.07. The van der Waals surface area contributed by atoms with Crippen LogP contribution in [0.3, 0.4) is 0 Å². The summed E-state index contributed by atoms with van der Waals surface area (Å²) < 4.78 is 0. The monoisotopic (exact) mass is 388 g/mol. The van der Waals surface area contributed by atoms with E-state index in [9.17, 15) is 10.1 Å². The predicted octanol–water partition coefficient (Wildman–Crippen LogP) is 4.67. The van der Waals surface area contributed by atoms with Crippen LogP contribution in [0.4, 0.5) is 5.69 Å². The first-order valence-electron chi connectivity index (χ1n) is 8.80. The molecule has 0 aliphatic rings. The molecule has 0 bridgehead atoms. The second-order valence-electron chi connectivity index (χ2n) is 6.50. The van der Waals surface area contributed by atoms with Gasteiger partial charge in [-0.15, -0.1) is 0 Å². The van der Waals surface area contributed by atoms with Gasteiger partial charge >= 0.3 is 0 Å². The smallest absolute Gasteiger partial charge is 0.234 e. The van der Waals surface area contributed by atoms with Gasteiger partial charge in [-0.25, -0.2) is 4.98 Å². The van der Waals surface area contributed by atoms with Gasteiger partial charge in [-0.3, -0.25) is 9.78 Å². The fourth-order valence-corrected chi connectivity index (χ4v) is 3.73. The van der Waals surface area contributed by atoms with Crippen LogP contribution in [0, 0.1) is 32.1 Å². The minimum absolute atomic E-state index is 0.132. The van der Waals surface area contributed by atoms with Crippen molar-refractivity contribution < 1.29 is 4.79 Å². The highest BCUT2D eigenvalue weighted by molar-refractivity contribution is 8.00. The summed E-state index contributed by atoms with van der Waals surface area (Å²) in [6, 6.07) is 13.7. The Bertz CT molecular complexity index is 1060. The topological polar surface area (TPSA) is 78.7 Å². The summed E-state index contributed by atoms with van der Waals surface area (Å²) in [6.07, 6.45) is 3.41. The Balaban J connectivity index is 1.80. The van der Waals surface area contributed by atoms with E-state index in [2.05, 4.69) is 21.4 Å². The van der Waals surface area contributed by atoms with Crippen LogP contribution in [0.2, 0.25) is 0 Å². The average Bonchev–Trinajstić information content (AvgIpc) is 2.68. The fraction of sp³-hybridized carbons (Fsp3) is 0.182. The summed E-state index contributed by atoms with van der Waals surface area (Å²) in [4.78, 5) is 21.0. The molecule has 0 radical (unpaired) electrons. The SMILES string of the molecule is Cc1ccc(NC(=O)CSc2nc(C)cc(-c3cccnc3)c2C#N)c(C)c1. The molecule has 0 saturated heterocycles. The van der Waals surface area contributed by atoms with Gasteiger partial charge in [-0.05, 0) is 44.5 Å². The maximum absolute atomic E-state index is 12.4. The first-order chi connectivity index (χ1) is 13.5. The number of hydrogen-bond donors (Lipinski definition) is 1. The van der Waals surface area contributed by atoms with Crippen LogP contribution >= 0.6 is 11.8 Å². The molecule has 3 aromatic rings. The molecule has 2 aromatic heterocycles. The van der Waals surface area contributed by atoms with E-state index in [4.69, 9.17) is 0 Å². The Labute approximate surface area is 168 Å². The Morgan fingerprint density at radius 2 is 2.04 bits per heavy atom. The van der Waals surface area contributed by atoms with E-state index in [1.807, 2.05) is 57.2 Å². The van der Waals surface area contributed by atoms with Crippen molar-refractivity contribution in [2.24, 2.45) is 0 Å². The third-order valence-corrected chi connectivity index (χ3v) is 5.17. The number of amides is 1. The van der Waals surface area contributed by atoms with E-state index in [-0.39, 0.29) is 11.7 Å². The molecule has 0 aliphatic carbocycles. The van der Waals surface area contributed by atoms with Crippen molar-refractivity contribution >= 4 is 23.4 Å². The maximum Gasteiger partial charge on any atom is 0.234 e. The van der Waals surface area contributed by atoms with Crippen LogP contribution in [0.15, 0.2) is 53.8 Å². The largest absolute Gasteiger partial charge is 0.325 e. The maximum atomic E-state index is 12.4. The molecule has 1 amide bonds. The zero-order valence-corrected chi connectivity index (χ0v) is 16.8. The molecule has 5 nitrogen and oxygen atoms in total. The number of nitriles is 1. The van der Waals surface area contributed by atoms with E-state index in [0.717, 1.165) is 33.6 Å². The number of benzene rings is 1. The molecule has 0 spiro atoms. The van der Waals surface area contributed by atoms with E-state index in [1.165, 1.54) is 11.8 Å². The first-order valence-corrected chi connectivity index (χ1v) is 9.78. The highest BCUT2D eigenvalue weighted by Gasteiger charge is 2.15. The second kappa shape index (κ2) is 8.68. The van der Waals surface area contributed by atoms with Crippen LogP contribution in [0.1, 0.15) is 22.4 Å². The molecule has 140 valence electrons. The Morgan fingerprint density at radius 3 is 2.71 bits per heavy atom. The summed E-state index contributed by atoms with van der Waals surface area (Å²) >= 11 is 1.26. The quantitative estimate of drug-likeness (QED) is 0.643. The molecule has 2 heterocycles. The van der Waals surface area contributed by atoms with E-state index in [1.54, 1.807) is 12.4 Å². The minimum atomic E-state index is -0.132. The summed E-state index contributed by atoms with van der Waals surface area (Å²) in [7, 11) is 0. The summed E-state index contributed by atoms with van der Waals surface area (Å²) in [5.74, 6) is 0.0392. The molecule has 0 atom stereocenters. The van der Waals surface area contributed by atoms with Gasteiger partial charge in [-0.1, -0.05) is 35.5 Å². The van der Waals surface area contributed by atoms with Crippen molar-refractivity contribution in [2.45, 2.75) is 25.8 Å². The van der Waals surface area contributed by atoms with Gasteiger partial charge in [0.05, 0.1) is 11.3 Å². The molecule has 1 N–H and O–H groups in total. The third kappa shape index (κ3) is 4.56. The Hall–Kier alpha value is -3.17. The van der Waals surface area contributed by atoms with E-state index < -0.39 is 0 Å². The van der Waals surface area contributed by atoms with Crippen LogP contribution in [-0.4, -0.2) is 21.6 Å². The van der Waals surface area contributed by atoms with Gasteiger partial charge in [0.1, 0.15) is 11.1 Å². The van der Waals surface area contributed by atoms with Gasteiger partial charge in [0, 0.05) is 34.9 Å². The van der Waals surface area contributed by atoms with Crippen molar-refractivity contribution in [2.75, 3.05) is 11.1 Å². The first kappa shape index (κ1) is 19.6. The van der Waals surface area contributed by atoms with Gasteiger partial charge in [-0.2, -0.15) is 5.26 Å². The number of nitrogens with zero attached hydrogens (tertiary/aromatic N) is 3. The molecule has 6 heteroatoms. The zero-order chi connectivity index (χ0) is 20.1. The van der Waals surface area contributed by atoms with Crippen molar-refractivity contribution in [1.29, 1.82) is 5.26 Å². The zero-order valence-electron chi connectivity index (χ0n) is 16.0. The fourth-order valence-electron chi connectivity index (χ4n) is 2.88.